The molecule has 8 nitrogen and oxygen atoms in total. The first kappa shape index (κ1) is 38.5. The van der Waals surface area contributed by atoms with Crippen LogP contribution in [0.3, 0.4) is 0 Å². The van der Waals surface area contributed by atoms with Crippen LogP contribution in [0.25, 0.3) is 0 Å². The number of nitrogens with one attached hydrogen (secondary N) is 1. The molecule has 10 heteroatoms. The number of aryl methyl sites for hydroxylation is 4. The maximum absolute atomic E-state index is 13.0. The Bertz CT molecular complexity index is 1960. The minimum Gasteiger partial charge on any atom is -0.317 e. The fourth-order valence-electron chi connectivity index (χ4n) is 8.06. The Morgan fingerprint density at radius 2 is 1.09 bits per heavy atom. The van der Waals surface area contributed by atoms with Crippen molar-refractivity contribution >= 4 is 45.9 Å². The van der Waals surface area contributed by atoms with E-state index in [4.69, 9.17) is 9.97 Å². The fraction of sp³-hybridized carbons (Fsp3) is 0.395. The summed E-state index contributed by atoms with van der Waals surface area (Å²) in [5.41, 5.74) is 7.33. The van der Waals surface area contributed by atoms with Gasteiger partial charge in [-0.15, -0.1) is 22.7 Å². The fourth-order valence-corrected chi connectivity index (χ4v) is 10.2. The molecule has 53 heavy (non-hydrogen) atoms. The van der Waals surface area contributed by atoms with Crippen molar-refractivity contribution < 1.29 is 9.59 Å². The van der Waals surface area contributed by atoms with Gasteiger partial charge in [0.15, 0.2) is 0 Å². The van der Waals surface area contributed by atoms with Gasteiger partial charge in [0, 0.05) is 67.0 Å². The van der Waals surface area contributed by atoms with E-state index in [1.807, 2.05) is 84.3 Å². The summed E-state index contributed by atoms with van der Waals surface area (Å²) in [6.45, 7) is 16.4. The molecule has 0 bridgehead atoms. The second kappa shape index (κ2) is 16.8. The van der Waals surface area contributed by atoms with Gasteiger partial charge in [0.1, 0.15) is 21.1 Å². The molecule has 2 amide bonds. The lowest BCUT2D eigenvalue weighted by Crippen LogP contribution is -2.55. The molecule has 5 aromatic rings. The van der Waals surface area contributed by atoms with Crippen LogP contribution in [0.15, 0.2) is 89.6 Å². The average Bonchev–Trinajstić information content (AvgIpc) is 3.81. The van der Waals surface area contributed by atoms with Crippen molar-refractivity contribution in [2.75, 3.05) is 36.0 Å². The number of carbonyl (C=O) groups excluding carboxylic acids is 2. The lowest BCUT2D eigenvalue weighted by molar-refractivity contribution is -0.119. The van der Waals surface area contributed by atoms with Crippen LogP contribution in [0.1, 0.15) is 77.6 Å². The van der Waals surface area contributed by atoms with Gasteiger partial charge in [-0.25, -0.2) is 9.97 Å². The minimum atomic E-state index is -0.399. The van der Waals surface area contributed by atoms with E-state index in [2.05, 4.69) is 53.0 Å². The highest BCUT2D eigenvalue weighted by Crippen LogP contribution is 2.44. The predicted octanol–water partition coefficient (Wildman–Crippen LogP) is 8.70. The van der Waals surface area contributed by atoms with Gasteiger partial charge in [-0.2, -0.15) is 0 Å². The zero-order chi connectivity index (χ0) is 37.6. The topological polar surface area (TPSA) is 81.7 Å². The van der Waals surface area contributed by atoms with Crippen molar-refractivity contribution in [3.8, 4) is 0 Å². The number of hydrogen-bond acceptors (Lipinski definition) is 8. The number of anilines is 2. The Balaban J connectivity index is 0.000000192. The molecule has 2 aliphatic heterocycles. The van der Waals surface area contributed by atoms with Crippen LogP contribution in [0, 0.1) is 27.7 Å². The molecule has 0 spiro atoms. The maximum atomic E-state index is 13.0. The zero-order valence-corrected chi connectivity index (χ0v) is 33.5. The molecular formula is C43H52N6O2S2. The first-order valence-corrected chi connectivity index (χ1v) is 20.3. The smallest absolute Gasteiger partial charge is 0.224 e. The predicted molar refractivity (Wildman–Crippen MR) is 219 cm³/mol. The quantitative estimate of drug-likeness (QED) is 0.171. The molecular weight excluding hydrogens is 697 g/mol. The van der Waals surface area contributed by atoms with Crippen molar-refractivity contribution in [1.29, 1.82) is 0 Å². The highest BCUT2D eigenvalue weighted by Gasteiger charge is 2.46. The van der Waals surface area contributed by atoms with Crippen LogP contribution in [0.2, 0.25) is 0 Å². The molecule has 0 unspecified atom stereocenters. The first-order chi connectivity index (χ1) is 25.5. The number of carbonyl (C=O) groups is 2. The number of aromatic nitrogens is 2. The van der Waals surface area contributed by atoms with Gasteiger partial charge in [-0.1, -0.05) is 54.6 Å². The molecule has 2 saturated heterocycles. The minimum absolute atomic E-state index is 0.0703. The highest BCUT2D eigenvalue weighted by atomic mass is 32.1. The molecule has 7 rings (SSSR count). The van der Waals surface area contributed by atoms with Crippen LogP contribution in [-0.4, -0.2) is 52.9 Å². The largest absolute Gasteiger partial charge is 0.317 e. The van der Waals surface area contributed by atoms with Gasteiger partial charge in [0.2, 0.25) is 11.8 Å². The van der Waals surface area contributed by atoms with Crippen molar-refractivity contribution in [1.82, 2.24) is 20.2 Å². The lowest BCUT2D eigenvalue weighted by atomic mass is 9.84. The average molecular weight is 749 g/mol. The number of hydrogen-bond donors (Lipinski definition) is 1. The van der Waals surface area contributed by atoms with Crippen LogP contribution in [0.4, 0.5) is 11.4 Å². The summed E-state index contributed by atoms with van der Waals surface area (Å²) in [5.74, 6) is 0.142. The Hall–Kier alpha value is -4.22. The third-order valence-electron chi connectivity index (χ3n) is 10.7. The molecule has 3 aromatic carbocycles. The van der Waals surface area contributed by atoms with Gasteiger partial charge in [0.05, 0.1) is 0 Å². The van der Waals surface area contributed by atoms with E-state index < -0.39 is 5.54 Å². The number of nitrogens with zero attached hydrogens (tertiary/aromatic N) is 5. The Labute approximate surface area is 322 Å². The number of para-hydroxylation sites is 2. The van der Waals surface area contributed by atoms with E-state index >= 15 is 0 Å². The monoisotopic (exact) mass is 748 g/mol. The highest BCUT2D eigenvalue weighted by molar-refractivity contribution is 7.10. The molecule has 4 heterocycles. The number of likely N-dealkylation sites (tertiary alicyclic amines) is 1. The SMILES string of the molecule is CC(=O)N(c1ccccc1)C1(c2nc(C)cs2)CCN(Cc2c(C)cccc2C)CC1.CC(=O)N(c1ccccc1)C1(c2nc(C)cs2)CCNCC1. The lowest BCUT2D eigenvalue weighted by Gasteiger charge is -2.47. The van der Waals surface area contributed by atoms with E-state index in [0.717, 1.165) is 91.2 Å². The van der Waals surface area contributed by atoms with Gasteiger partial charge in [-0.3, -0.25) is 24.3 Å². The van der Waals surface area contributed by atoms with Gasteiger partial charge in [0.25, 0.3) is 0 Å². The number of benzene rings is 3. The first-order valence-electron chi connectivity index (χ1n) is 18.6. The second-order valence-electron chi connectivity index (χ2n) is 14.4. The Morgan fingerprint density at radius 1 is 0.660 bits per heavy atom. The van der Waals surface area contributed by atoms with Crippen LogP contribution < -0.4 is 15.1 Å². The Kier molecular flexibility index (Phi) is 12.2. The molecule has 1 N–H and O–H groups in total. The zero-order valence-electron chi connectivity index (χ0n) is 31.9. The molecule has 0 radical (unpaired) electrons. The second-order valence-corrected chi connectivity index (χ2v) is 16.1. The van der Waals surface area contributed by atoms with E-state index in [-0.39, 0.29) is 17.4 Å². The maximum Gasteiger partial charge on any atom is 0.224 e. The molecule has 0 atom stereocenters. The van der Waals surface area contributed by atoms with Gasteiger partial charge < -0.3 is 5.32 Å². The van der Waals surface area contributed by atoms with Crippen molar-refractivity contribution in [3.05, 3.63) is 128 Å². The third-order valence-corrected chi connectivity index (χ3v) is 13.0. The number of amides is 2. The van der Waals surface area contributed by atoms with E-state index in [9.17, 15) is 9.59 Å². The summed E-state index contributed by atoms with van der Waals surface area (Å²) in [4.78, 5) is 41.6. The van der Waals surface area contributed by atoms with Crippen LogP contribution in [-0.2, 0) is 27.2 Å². The third kappa shape index (κ3) is 8.31. The van der Waals surface area contributed by atoms with Crippen molar-refractivity contribution in [2.45, 2.75) is 84.8 Å². The molecule has 2 aromatic heterocycles. The summed E-state index contributed by atoms with van der Waals surface area (Å²) in [5, 5.41) is 9.67. The van der Waals surface area contributed by atoms with E-state index in [1.165, 1.54) is 16.7 Å². The number of rotatable bonds is 8. The van der Waals surface area contributed by atoms with E-state index in [1.54, 1.807) is 36.5 Å². The molecule has 2 fully saturated rings. The van der Waals surface area contributed by atoms with Gasteiger partial charge >= 0.3 is 0 Å². The number of piperidine rings is 2. The molecule has 2 aliphatic rings. The van der Waals surface area contributed by atoms with E-state index in [0.29, 0.717) is 0 Å². The standard InChI is InChI=1S/C26H31N3OS.C17H21N3OS/c1-19-9-8-10-20(2)24(19)17-28-15-13-26(14-16-28,25-27-21(3)18-31-25)29(22(4)30)23-11-6-5-7-12-23;1-13-12-22-16(19-13)17(8-10-18-11-9-17)20(14(2)21)15-6-4-3-5-7-15/h5-12,18H,13-17H2,1-4H3;3-7,12,18H,8-11H2,1-2H3. The summed E-state index contributed by atoms with van der Waals surface area (Å²) in [6, 6.07) is 26.5. The summed E-state index contributed by atoms with van der Waals surface area (Å²) < 4.78 is 0. The van der Waals surface area contributed by atoms with Crippen molar-refractivity contribution in [3.63, 3.8) is 0 Å². The van der Waals surface area contributed by atoms with Crippen LogP contribution >= 0.6 is 22.7 Å². The molecule has 278 valence electrons. The van der Waals surface area contributed by atoms with Crippen LogP contribution in [0.5, 0.6) is 0 Å². The van der Waals surface area contributed by atoms with Gasteiger partial charge in [-0.05, 0) is 107 Å². The summed E-state index contributed by atoms with van der Waals surface area (Å²) in [7, 11) is 0. The molecule has 0 aliphatic carbocycles. The summed E-state index contributed by atoms with van der Waals surface area (Å²) in [6.07, 6.45) is 3.52. The van der Waals surface area contributed by atoms with Crippen molar-refractivity contribution in [2.24, 2.45) is 0 Å². The summed E-state index contributed by atoms with van der Waals surface area (Å²) >= 11 is 3.34. The number of thiazole rings is 2. The molecule has 0 saturated carbocycles. The Morgan fingerprint density at radius 3 is 1.49 bits per heavy atom. The normalized spacial score (nSPS) is 16.6.